The normalized spacial score (nSPS) is 10.9. The Labute approximate surface area is 115 Å². The van der Waals surface area contributed by atoms with Crippen LogP contribution in [-0.2, 0) is 19.1 Å². The molecular weight excluding hydrogens is 268 g/mol. The molecule has 6 nitrogen and oxygen atoms in total. The van der Waals surface area contributed by atoms with Crippen molar-refractivity contribution in [2.75, 3.05) is 13.2 Å². The molecule has 0 saturated carbocycles. The number of rotatable bonds is 6. The minimum Gasteiger partial charge on any atom is -0.465 e. The summed E-state index contributed by atoms with van der Waals surface area (Å²) in [5.74, 6) is -2.46. The van der Waals surface area contributed by atoms with E-state index in [2.05, 4.69) is 9.37 Å². The smallest absolute Gasteiger partial charge is 0.325 e. The molecule has 0 spiro atoms. The van der Waals surface area contributed by atoms with E-state index in [1.165, 1.54) is 17.7 Å². The Kier molecular flexibility index (Phi) is 6.14. The zero-order valence-corrected chi connectivity index (χ0v) is 11.9. The molecule has 19 heavy (non-hydrogen) atoms. The number of carbonyl (C=O) groups is 2. The molecule has 0 N–H and O–H groups in total. The van der Waals surface area contributed by atoms with Gasteiger partial charge in [0.2, 0.25) is 0 Å². The summed E-state index contributed by atoms with van der Waals surface area (Å²) in [7, 11) is 0. The molecule has 1 rings (SSSR count). The number of esters is 2. The van der Waals surface area contributed by atoms with E-state index in [1.54, 1.807) is 19.9 Å². The van der Waals surface area contributed by atoms with Gasteiger partial charge >= 0.3 is 11.9 Å². The zero-order valence-electron chi connectivity index (χ0n) is 11.1. The molecule has 0 aromatic carbocycles. The van der Waals surface area contributed by atoms with Crippen LogP contribution in [-0.4, -0.2) is 35.7 Å². The standard InChI is InChI=1S/C12H16N2O4S/c1-4-17-11(15)9(12(16)18-5-2)7-13-10-6-8(3)14-19-10/h6-7,9H,4-5H2,1-3H3. The van der Waals surface area contributed by atoms with Crippen molar-refractivity contribution in [3.63, 3.8) is 0 Å². The third-order valence-corrected chi connectivity index (χ3v) is 2.84. The maximum atomic E-state index is 11.7. The Morgan fingerprint density at radius 3 is 2.37 bits per heavy atom. The first-order valence-corrected chi connectivity index (χ1v) is 6.66. The molecule has 0 aliphatic carbocycles. The van der Waals surface area contributed by atoms with Crippen LogP contribution in [0.15, 0.2) is 11.1 Å². The van der Waals surface area contributed by atoms with Crippen molar-refractivity contribution in [1.82, 2.24) is 4.37 Å². The molecule has 0 radical (unpaired) electrons. The van der Waals surface area contributed by atoms with Gasteiger partial charge in [-0.1, -0.05) is 0 Å². The van der Waals surface area contributed by atoms with E-state index in [-0.39, 0.29) is 13.2 Å². The molecule has 0 atom stereocenters. The van der Waals surface area contributed by atoms with Crippen molar-refractivity contribution in [1.29, 1.82) is 0 Å². The molecule has 1 aromatic rings. The molecule has 104 valence electrons. The number of ether oxygens (including phenoxy) is 2. The summed E-state index contributed by atoms with van der Waals surface area (Å²) in [5, 5.41) is 0.621. The fraction of sp³-hybridized carbons (Fsp3) is 0.500. The van der Waals surface area contributed by atoms with E-state index >= 15 is 0 Å². The average Bonchev–Trinajstić information content (AvgIpc) is 2.76. The molecule has 1 heterocycles. The third kappa shape index (κ3) is 4.78. The average molecular weight is 284 g/mol. The van der Waals surface area contributed by atoms with Gasteiger partial charge in [0, 0.05) is 6.21 Å². The van der Waals surface area contributed by atoms with Crippen LogP contribution in [0.5, 0.6) is 0 Å². The van der Waals surface area contributed by atoms with Gasteiger partial charge in [0.15, 0.2) is 5.92 Å². The first-order chi connectivity index (χ1) is 9.08. The topological polar surface area (TPSA) is 77.9 Å². The Balaban J connectivity index is 2.81. The first kappa shape index (κ1) is 15.3. The molecule has 1 aromatic heterocycles. The van der Waals surface area contributed by atoms with Gasteiger partial charge in [-0.25, -0.2) is 4.99 Å². The van der Waals surface area contributed by atoms with Crippen LogP contribution in [0.1, 0.15) is 19.5 Å². The molecule has 0 aliphatic rings. The highest BCUT2D eigenvalue weighted by atomic mass is 32.1. The van der Waals surface area contributed by atoms with Crippen molar-refractivity contribution in [3.05, 3.63) is 11.8 Å². The highest BCUT2D eigenvalue weighted by molar-refractivity contribution is 7.09. The Hall–Kier alpha value is -1.76. The molecule has 0 unspecified atom stereocenters. The Morgan fingerprint density at radius 2 is 1.95 bits per heavy atom. The molecule has 0 fully saturated rings. The first-order valence-electron chi connectivity index (χ1n) is 5.89. The monoisotopic (exact) mass is 284 g/mol. The summed E-state index contributed by atoms with van der Waals surface area (Å²) in [6.07, 6.45) is 1.24. The summed E-state index contributed by atoms with van der Waals surface area (Å²) in [6.45, 7) is 5.57. The molecule has 0 bridgehead atoms. The largest absolute Gasteiger partial charge is 0.465 e. The second-order valence-corrected chi connectivity index (χ2v) is 4.35. The van der Waals surface area contributed by atoms with Gasteiger partial charge in [-0.05, 0) is 38.4 Å². The Bertz CT molecular complexity index is 452. The SMILES string of the molecule is CCOC(=O)C(C=Nc1cc(C)ns1)C(=O)OCC. The van der Waals surface area contributed by atoms with Crippen molar-refractivity contribution in [2.45, 2.75) is 20.8 Å². The van der Waals surface area contributed by atoms with Crippen LogP contribution in [0.25, 0.3) is 0 Å². The lowest BCUT2D eigenvalue weighted by atomic mass is 10.2. The van der Waals surface area contributed by atoms with Crippen LogP contribution < -0.4 is 0 Å². The molecule has 0 aliphatic heterocycles. The number of hydrogen-bond donors (Lipinski definition) is 0. The molecule has 0 saturated heterocycles. The van der Waals surface area contributed by atoms with E-state index in [1.807, 2.05) is 6.92 Å². The van der Waals surface area contributed by atoms with Crippen LogP contribution in [0.3, 0.4) is 0 Å². The summed E-state index contributed by atoms with van der Waals surface area (Å²) in [5.41, 5.74) is 0.834. The minimum absolute atomic E-state index is 0.197. The maximum absolute atomic E-state index is 11.7. The van der Waals surface area contributed by atoms with Gasteiger partial charge in [-0.2, -0.15) is 4.37 Å². The van der Waals surface area contributed by atoms with Crippen LogP contribution in [0.2, 0.25) is 0 Å². The number of aromatic nitrogens is 1. The van der Waals surface area contributed by atoms with E-state index in [9.17, 15) is 9.59 Å². The van der Waals surface area contributed by atoms with Crippen molar-refractivity contribution in [3.8, 4) is 0 Å². The minimum atomic E-state index is -1.14. The molecular formula is C12H16N2O4S. The predicted octanol–water partition coefficient (Wildman–Crippen LogP) is 1.90. The van der Waals surface area contributed by atoms with E-state index in [4.69, 9.17) is 9.47 Å². The van der Waals surface area contributed by atoms with Gasteiger partial charge in [-0.15, -0.1) is 0 Å². The summed E-state index contributed by atoms with van der Waals surface area (Å²) < 4.78 is 13.7. The van der Waals surface area contributed by atoms with Crippen LogP contribution >= 0.6 is 11.5 Å². The summed E-state index contributed by atoms with van der Waals surface area (Å²) in [4.78, 5) is 27.4. The predicted molar refractivity (Wildman–Crippen MR) is 71.8 cm³/mol. The van der Waals surface area contributed by atoms with Gasteiger partial charge in [0.25, 0.3) is 0 Å². The van der Waals surface area contributed by atoms with E-state index in [0.29, 0.717) is 5.00 Å². The highest BCUT2D eigenvalue weighted by Gasteiger charge is 2.27. The number of nitrogens with zero attached hydrogens (tertiary/aromatic N) is 2. The Morgan fingerprint density at radius 1 is 1.37 bits per heavy atom. The number of hydrogen-bond acceptors (Lipinski definition) is 7. The lowest BCUT2D eigenvalue weighted by Crippen LogP contribution is -2.29. The molecule has 0 amide bonds. The summed E-state index contributed by atoms with van der Waals surface area (Å²) >= 11 is 1.19. The van der Waals surface area contributed by atoms with Gasteiger partial charge in [-0.3, -0.25) is 9.59 Å². The maximum Gasteiger partial charge on any atom is 0.325 e. The van der Waals surface area contributed by atoms with E-state index in [0.717, 1.165) is 5.69 Å². The highest BCUT2D eigenvalue weighted by Crippen LogP contribution is 2.19. The van der Waals surface area contributed by atoms with Gasteiger partial charge in [0.1, 0.15) is 5.00 Å². The lowest BCUT2D eigenvalue weighted by Gasteiger charge is -2.09. The quantitative estimate of drug-likeness (QED) is 0.453. The van der Waals surface area contributed by atoms with Crippen LogP contribution in [0.4, 0.5) is 5.00 Å². The van der Waals surface area contributed by atoms with Crippen molar-refractivity contribution in [2.24, 2.45) is 10.9 Å². The third-order valence-electron chi connectivity index (χ3n) is 2.05. The molecule has 7 heteroatoms. The fourth-order valence-electron chi connectivity index (χ4n) is 1.24. The van der Waals surface area contributed by atoms with Gasteiger partial charge < -0.3 is 9.47 Å². The van der Waals surface area contributed by atoms with Gasteiger partial charge in [0.05, 0.1) is 18.9 Å². The second kappa shape index (κ2) is 7.63. The fourth-order valence-corrected chi connectivity index (χ4v) is 1.86. The lowest BCUT2D eigenvalue weighted by molar-refractivity contribution is -0.157. The number of carbonyl (C=O) groups excluding carboxylic acids is 2. The van der Waals surface area contributed by atoms with E-state index < -0.39 is 17.9 Å². The van der Waals surface area contributed by atoms with Crippen molar-refractivity contribution >= 4 is 34.7 Å². The zero-order chi connectivity index (χ0) is 14.3. The number of aliphatic imine (C=N–C) groups is 1. The number of aryl methyl sites for hydroxylation is 1. The second-order valence-electron chi connectivity index (χ2n) is 3.57. The van der Waals surface area contributed by atoms with Crippen molar-refractivity contribution < 1.29 is 19.1 Å². The van der Waals surface area contributed by atoms with Crippen LogP contribution in [0, 0.1) is 12.8 Å². The summed E-state index contributed by atoms with van der Waals surface area (Å²) in [6, 6.07) is 1.76.